The van der Waals surface area contributed by atoms with E-state index in [4.69, 9.17) is 5.11 Å². The number of halogens is 2. The van der Waals surface area contributed by atoms with E-state index >= 15 is 0 Å². The molecule has 0 saturated carbocycles. The summed E-state index contributed by atoms with van der Waals surface area (Å²) in [6.45, 7) is -0.435. The summed E-state index contributed by atoms with van der Waals surface area (Å²) in [5.74, 6) is -3.22. The van der Waals surface area contributed by atoms with Crippen LogP contribution in [0.3, 0.4) is 0 Å². The molecule has 1 heterocycles. The van der Waals surface area contributed by atoms with E-state index in [2.05, 4.69) is 10.1 Å². The Kier molecular flexibility index (Phi) is 1.89. The van der Waals surface area contributed by atoms with Crippen molar-refractivity contribution in [3.63, 3.8) is 0 Å². The summed E-state index contributed by atoms with van der Waals surface area (Å²) in [5.41, 5.74) is 0.0671. The molecule has 1 saturated heterocycles. The highest BCUT2D eigenvalue weighted by molar-refractivity contribution is 5.10. The van der Waals surface area contributed by atoms with Crippen LogP contribution in [-0.4, -0.2) is 24.7 Å². The van der Waals surface area contributed by atoms with Gasteiger partial charge in [-0.05, 0) is 0 Å². The molecule has 64 valence electrons. The molecule has 0 amide bonds. The van der Waals surface area contributed by atoms with E-state index in [-0.39, 0.29) is 5.70 Å². The largest absolute Gasteiger partial charge is 0.480 e. The lowest BCUT2D eigenvalue weighted by Crippen LogP contribution is -2.18. The molecular formula is C6H9F2NO2. The molecule has 0 unspecified atom stereocenters. The number of nitrogens with one attached hydrogen (secondary N) is 1. The summed E-state index contributed by atoms with van der Waals surface area (Å²) in [7, 11) is 1.22. The minimum atomic E-state index is -2.76. The first-order chi connectivity index (χ1) is 5.05. The molecule has 0 aromatic carbocycles. The van der Waals surface area contributed by atoms with Gasteiger partial charge in [0.25, 0.3) is 11.9 Å². The molecule has 1 fully saturated rings. The Morgan fingerprint density at radius 1 is 1.73 bits per heavy atom. The van der Waals surface area contributed by atoms with Gasteiger partial charge in [-0.25, -0.2) is 8.78 Å². The summed E-state index contributed by atoms with van der Waals surface area (Å²) in [6, 6.07) is 0. The summed E-state index contributed by atoms with van der Waals surface area (Å²) in [4.78, 5) is 0. The summed E-state index contributed by atoms with van der Waals surface area (Å²) in [5, 5.41) is 11.2. The van der Waals surface area contributed by atoms with Crippen molar-refractivity contribution in [1.29, 1.82) is 0 Å². The van der Waals surface area contributed by atoms with E-state index in [0.29, 0.717) is 0 Å². The van der Waals surface area contributed by atoms with Gasteiger partial charge in [0.15, 0.2) is 0 Å². The van der Waals surface area contributed by atoms with Crippen LogP contribution in [-0.2, 0) is 4.74 Å². The lowest BCUT2D eigenvalue weighted by atomic mass is 10.3. The highest BCUT2D eigenvalue weighted by atomic mass is 19.3. The van der Waals surface area contributed by atoms with Gasteiger partial charge in [-0.1, -0.05) is 0 Å². The van der Waals surface area contributed by atoms with Gasteiger partial charge in [0, 0.05) is 0 Å². The van der Waals surface area contributed by atoms with Gasteiger partial charge < -0.3 is 15.2 Å². The third-order valence-corrected chi connectivity index (χ3v) is 1.45. The second-order valence-electron chi connectivity index (χ2n) is 2.37. The number of aliphatic hydroxyl groups is 1. The van der Waals surface area contributed by atoms with Crippen molar-refractivity contribution in [3.8, 4) is 0 Å². The lowest BCUT2D eigenvalue weighted by molar-refractivity contribution is 0.0242. The summed E-state index contributed by atoms with van der Waals surface area (Å²) >= 11 is 0. The predicted octanol–water partition coefficient (Wildman–Crippen LogP) is 0.988. The first-order valence-electron chi connectivity index (χ1n) is 3.13. The van der Waals surface area contributed by atoms with Crippen LogP contribution >= 0.6 is 0 Å². The van der Waals surface area contributed by atoms with E-state index in [0.717, 1.165) is 0 Å². The Balaban J connectivity index is 2.68. The molecule has 0 aliphatic carbocycles. The first-order valence-corrected chi connectivity index (χ1v) is 3.13. The lowest BCUT2D eigenvalue weighted by Gasteiger charge is -2.02. The average molecular weight is 165 g/mol. The molecule has 1 aliphatic heterocycles. The van der Waals surface area contributed by atoms with Crippen molar-refractivity contribution < 1.29 is 18.6 Å². The van der Waals surface area contributed by atoms with Crippen molar-refractivity contribution in [2.45, 2.75) is 12.3 Å². The van der Waals surface area contributed by atoms with Gasteiger partial charge in [-0.2, -0.15) is 0 Å². The van der Waals surface area contributed by atoms with Crippen LogP contribution in [0.5, 0.6) is 0 Å². The van der Waals surface area contributed by atoms with E-state index in [1.807, 2.05) is 0 Å². The Labute approximate surface area is 62.7 Å². The van der Waals surface area contributed by atoms with Crippen LogP contribution in [0.25, 0.3) is 0 Å². The van der Waals surface area contributed by atoms with Crippen LogP contribution in [0.15, 0.2) is 11.6 Å². The van der Waals surface area contributed by atoms with Crippen LogP contribution < -0.4 is 5.32 Å². The third-order valence-electron chi connectivity index (χ3n) is 1.45. The summed E-state index contributed by atoms with van der Waals surface area (Å²) in [6.07, 6.45) is -0.479. The molecule has 5 heteroatoms. The third kappa shape index (κ3) is 1.72. The minimum Gasteiger partial charge on any atom is -0.480 e. The topological polar surface area (TPSA) is 41.5 Å². The van der Waals surface area contributed by atoms with E-state index in [1.54, 1.807) is 0 Å². The molecule has 0 spiro atoms. The van der Waals surface area contributed by atoms with Crippen molar-refractivity contribution in [2.24, 2.45) is 0 Å². The number of ether oxygens (including phenoxy) is 1. The molecule has 1 aliphatic rings. The zero-order valence-electron chi connectivity index (χ0n) is 6.03. The first kappa shape index (κ1) is 8.10. The van der Waals surface area contributed by atoms with Crippen molar-refractivity contribution in [3.05, 3.63) is 11.6 Å². The van der Waals surface area contributed by atoms with Crippen LogP contribution in [0.1, 0.15) is 6.42 Å². The predicted molar refractivity (Wildman–Crippen MR) is 34.2 cm³/mol. The van der Waals surface area contributed by atoms with Crippen LogP contribution in [0, 0.1) is 0 Å². The number of rotatable bonds is 1. The number of alkyl halides is 2. The standard InChI is InChI=1S/C6H9F2NO2/c1-11-5(10)4-2-6(7,8)3-9-4/h9-10H,2-3H2,1H3/b5-4+. The molecule has 1 rings (SSSR count). The highest BCUT2D eigenvalue weighted by Gasteiger charge is 2.38. The Bertz CT molecular complexity index is 191. The fourth-order valence-corrected chi connectivity index (χ4v) is 0.894. The maximum Gasteiger partial charge on any atom is 0.296 e. The molecule has 11 heavy (non-hydrogen) atoms. The molecule has 2 N–H and O–H groups in total. The second-order valence-corrected chi connectivity index (χ2v) is 2.37. The van der Waals surface area contributed by atoms with E-state index in [1.165, 1.54) is 7.11 Å². The smallest absolute Gasteiger partial charge is 0.296 e. The highest BCUT2D eigenvalue weighted by Crippen LogP contribution is 2.28. The summed E-state index contributed by atoms with van der Waals surface area (Å²) < 4.78 is 29.2. The van der Waals surface area contributed by atoms with Crippen LogP contribution in [0.2, 0.25) is 0 Å². The molecule has 0 atom stereocenters. The fourth-order valence-electron chi connectivity index (χ4n) is 0.894. The minimum absolute atomic E-state index is 0.0671. The number of methoxy groups -OCH3 is 1. The molecular weight excluding hydrogens is 156 g/mol. The Morgan fingerprint density at radius 3 is 2.73 bits per heavy atom. The molecule has 0 aromatic heterocycles. The van der Waals surface area contributed by atoms with Crippen molar-refractivity contribution >= 4 is 0 Å². The number of hydrogen-bond acceptors (Lipinski definition) is 3. The molecule has 3 nitrogen and oxygen atoms in total. The second kappa shape index (κ2) is 2.56. The average Bonchev–Trinajstić information content (AvgIpc) is 2.29. The zero-order chi connectivity index (χ0) is 8.48. The van der Waals surface area contributed by atoms with Gasteiger partial charge >= 0.3 is 0 Å². The van der Waals surface area contributed by atoms with Gasteiger partial charge in [0.05, 0.1) is 25.8 Å². The normalized spacial score (nSPS) is 26.1. The quantitative estimate of drug-likeness (QED) is 0.569. The maximum absolute atomic E-state index is 12.4. The molecule has 0 radical (unpaired) electrons. The maximum atomic E-state index is 12.4. The Morgan fingerprint density at radius 2 is 2.36 bits per heavy atom. The van der Waals surface area contributed by atoms with Gasteiger partial charge in [-0.15, -0.1) is 0 Å². The van der Waals surface area contributed by atoms with Gasteiger partial charge in [0.2, 0.25) is 0 Å². The monoisotopic (exact) mass is 165 g/mol. The molecule has 0 aromatic rings. The van der Waals surface area contributed by atoms with E-state index in [9.17, 15) is 8.78 Å². The number of aliphatic hydroxyl groups excluding tert-OH is 1. The van der Waals surface area contributed by atoms with Crippen molar-refractivity contribution in [1.82, 2.24) is 5.32 Å². The Hall–Kier alpha value is -1.00. The van der Waals surface area contributed by atoms with Crippen LogP contribution in [0.4, 0.5) is 8.78 Å². The van der Waals surface area contributed by atoms with Crippen molar-refractivity contribution in [2.75, 3.05) is 13.7 Å². The number of allylic oxidation sites excluding steroid dienone is 1. The SMILES string of the molecule is CO/C(O)=C1\CC(F)(F)CN1. The number of hydrogen-bond donors (Lipinski definition) is 2. The fraction of sp³-hybridized carbons (Fsp3) is 0.667. The zero-order valence-corrected chi connectivity index (χ0v) is 6.03. The van der Waals surface area contributed by atoms with Gasteiger partial charge in [-0.3, -0.25) is 0 Å². The van der Waals surface area contributed by atoms with E-state index < -0.39 is 24.8 Å². The van der Waals surface area contributed by atoms with Gasteiger partial charge in [0.1, 0.15) is 0 Å². The molecule has 0 bridgehead atoms.